The van der Waals surface area contributed by atoms with Crippen molar-refractivity contribution in [3.8, 4) is 34.7 Å². The minimum Gasteiger partial charge on any atom is -0.490 e. The maximum Gasteiger partial charge on any atom is 0.258 e. The van der Waals surface area contributed by atoms with Crippen molar-refractivity contribution >= 4 is 10.0 Å². The summed E-state index contributed by atoms with van der Waals surface area (Å²) in [6, 6.07) is 12.5. The van der Waals surface area contributed by atoms with Crippen molar-refractivity contribution < 1.29 is 22.8 Å². The van der Waals surface area contributed by atoms with Crippen molar-refractivity contribution in [1.29, 1.82) is 5.26 Å². The van der Waals surface area contributed by atoms with Gasteiger partial charge in [-0.15, -0.1) is 0 Å². The summed E-state index contributed by atoms with van der Waals surface area (Å²) in [5.74, 6) is 0.828. The average molecular weight is 483 g/mol. The van der Waals surface area contributed by atoms with Crippen molar-refractivity contribution in [2.45, 2.75) is 45.3 Å². The van der Waals surface area contributed by atoms with E-state index in [-0.39, 0.29) is 23.8 Å². The van der Waals surface area contributed by atoms with Crippen LogP contribution in [0.4, 0.5) is 0 Å². The summed E-state index contributed by atoms with van der Waals surface area (Å²) in [6.07, 6.45) is 2.16. The highest BCUT2D eigenvalue weighted by Gasteiger charge is 2.27. The molecule has 0 amide bonds. The van der Waals surface area contributed by atoms with Gasteiger partial charge in [0.05, 0.1) is 24.0 Å². The molecule has 10 heteroatoms. The normalized spacial score (nSPS) is 15.7. The van der Waals surface area contributed by atoms with Crippen molar-refractivity contribution in [2.75, 3.05) is 12.4 Å². The number of aliphatic hydroxyl groups is 1. The monoisotopic (exact) mass is 482 g/mol. The molecule has 1 aliphatic carbocycles. The lowest BCUT2D eigenvalue weighted by molar-refractivity contribution is 0.241. The Morgan fingerprint density at radius 3 is 2.88 bits per heavy atom. The number of rotatable bonds is 8. The summed E-state index contributed by atoms with van der Waals surface area (Å²) in [5.41, 5.74) is 3.60. The summed E-state index contributed by atoms with van der Waals surface area (Å²) in [6.45, 7) is 3.35. The zero-order valence-electron chi connectivity index (χ0n) is 19.0. The Kier molecular flexibility index (Phi) is 6.97. The largest absolute Gasteiger partial charge is 0.490 e. The predicted molar refractivity (Wildman–Crippen MR) is 125 cm³/mol. The molecule has 0 fully saturated rings. The van der Waals surface area contributed by atoms with E-state index < -0.39 is 16.6 Å². The first kappa shape index (κ1) is 23.9. The summed E-state index contributed by atoms with van der Waals surface area (Å²) >= 11 is 0. The van der Waals surface area contributed by atoms with E-state index in [1.54, 1.807) is 18.2 Å². The van der Waals surface area contributed by atoms with Crippen molar-refractivity contribution in [1.82, 2.24) is 14.9 Å². The lowest BCUT2D eigenvalue weighted by Crippen LogP contribution is -2.33. The number of aliphatic hydroxyl groups excluding tert-OH is 1. The van der Waals surface area contributed by atoms with Crippen LogP contribution in [0.15, 0.2) is 40.9 Å². The van der Waals surface area contributed by atoms with Gasteiger partial charge in [-0.1, -0.05) is 23.4 Å². The standard InChI is InChI=1S/C24H26N4O5S/c1-15(2)32-22-10-9-16(13-17(22)14-25)24-26-23(27-33-24)20-7-3-6-19-18(20)5-4-8-21(19)28-34(30,31)12-11-29/h3,6-7,9-10,13,15,21,28-29H,4-5,8,11-12H2,1-2H3/t21-/m0/s1. The highest BCUT2D eigenvalue weighted by Crippen LogP contribution is 2.36. The van der Waals surface area contributed by atoms with Crippen LogP contribution in [0.5, 0.6) is 5.75 Å². The molecule has 4 rings (SSSR count). The lowest BCUT2D eigenvalue weighted by atomic mass is 9.85. The Bertz CT molecular complexity index is 1330. The molecule has 0 aliphatic heterocycles. The molecule has 1 heterocycles. The van der Waals surface area contributed by atoms with Crippen LogP contribution in [-0.2, 0) is 16.4 Å². The topological polar surface area (TPSA) is 138 Å². The number of nitrogens with zero attached hydrogens (tertiary/aromatic N) is 3. The Balaban J connectivity index is 1.65. The maximum atomic E-state index is 12.2. The van der Waals surface area contributed by atoms with Crippen LogP contribution in [0.3, 0.4) is 0 Å². The van der Waals surface area contributed by atoms with Gasteiger partial charge in [-0.3, -0.25) is 0 Å². The van der Waals surface area contributed by atoms with Crippen molar-refractivity contribution in [2.24, 2.45) is 0 Å². The van der Waals surface area contributed by atoms with Gasteiger partial charge in [0.15, 0.2) is 0 Å². The summed E-state index contributed by atoms with van der Waals surface area (Å²) < 4.78 is 38.3. The number of fused-ring (bicyclic) bond motifs is 1. The highest BCUT2D eigenvalue weighted by atomic mass is 32.2. The molecule has 0 spiro atoms. The Labute approximate surface area is 198 Å². The zero-order chi connectivity index (χ0) is 24.3. The first-order valence-corrected chi connectivity index (χ1v) is 12.7. The van der Waals surface area contributed by atoms with Crippen LogP contribution >= 0.6 is 0 Å². The number of hydrogen-bond donors (Lipinski definition) is 2. The lowest BCUT2D eigenvalue weighted by Gasteiger charge is -2.27. The van der Waals surface area contributed by atoms with Crippen LogP contribution in [0.1, 0.15) is 49.4 Å². The van der Waals surface area contributed by atoms with E-state index in [1.165, 1.54) is 0 Å². The van der Waals surface area contributed by atoms with Gasteiger partial charge in [-0.25, -0.2) is 13.1 Å². The van der Waals surface area contributed by atoms with Gasteiger partial charge >= 0.3 is 0 Å². The number of aromatic nitrogens is 2. The molecule has 178 valence electrons. The SMILES string of the molecule is CC(C)Oc1ccc(-c2nc(-c3cccc4c3CCC[C@@H]4NS(=O)(=O)CCO)no2)cc1C#N. The smallest absolute Gasteiger partial charge is 0.258 e. The van der Waals surface area contributed by atoms with E-state index in [9.17, 15) is 13.7 Å². The fourth-order valence-electron chi connectivity index (χ4n) is 4.13. The number of sulfonamides is 1. The van der Waals surface area contributed by atoms with Gasteiger partial charge in [0.25, 0.3) is 5.89 Å². The van der Waals surface area contributed by atoms with Gasteiger partial charge in [0.2, 0.25) is 15.8 Å². The molecule has 9 nitrogen and oxygen atoms in total. The predicted octanol–water partition coefficient (Wildman–Crippen LogP) is 3.35. The molecular weight excluding hydrogens is 456 g/mol. The van der Waals surface area contributed by atoms with E-state index in [0.29, 0.717) is 29.1 Å². The molecule has 34 heavy (non-hydrogen) atoms. The van der Waals surface area contributed by atoms with E-state index >= 15 is 0 Å². The van der Waals surface area contributed by atoms with E-state index in [0.717, 1.165) is 29.5 Å². The third-order valence-corrected chi connectivity index (χ3v) is 6.93. The average Bonchev–Trinajstić information content (AvgIpc) is 3.28. The van der Waals surface area contributed by atoms with Gasteiger partial charge in [0.1, 0.15) is 11.8 Å². The van der Waals surface area contributed by atoms with Crippen molar-refractivity contribution in [3.05, 3.63) is 53.1 Å². The molecule has 0 saturated carbocycles. The molecule has 2 N–H and O–H groups in total. The number of hydrogen-bond acceptors (Lipinski definition) is 8. The molecule has 1 aromatic heterocycles. The summed E-state index contributed by atoms with van der Waals surface area (Å²) in [4.78, 5) is 4.55. The minimum atomic E-state index is -3.59. The fourth-order valence-corrected chi connectivity index (χ4v) is 5.17. The third-order valence-electron chi connectivity index (χ3n) is 5.57. The molecule has 0 unspecified atom stereocenters. The van der Waals surface area contributed by atoms with Crippen LogP contribution < -0.4 is 9.46 Å². The van der Waals surface area contributed by atoms with Gasteiger partial charge in [-0.2, -0.15) is 10.2 Å². The van der Waals surface area contributed by atoms with Crippen LogP contribution in [0.25, 0.3) is 22.8 Å². The molecular formula is C24H26N4O5S. The molecule has 0 saturated heterocycles. The number of nitrogens with one attached hydrogen (secondary N) is 1. The van der Waals surface area contributed by atoms with Crippen LogP contribution in [0, 0.1) is 11.3 Å². The zero-order valence-corrected chi connectivity index (χ0v) is 19.8. The quantitative estimate of drug-likeness (QED) is 0.498. The Hall–Kier alpha value is -3.26. The number of nitriles is 1. The van der Waals surface area contributed by atoms with E-state index in [4.69, 9.17) is 14.4 Å². The van der Waals surface area contributed by atoms with Crippen LogP contribution in [-0.4, -0.2) is 42.1 Å². The number of benzene rings is 2. The van der Waals surface area contributed by atoms with Gasteiger partial charge < -0.3 is 14.4 Å². The second-order valence-corrected chi connectivity index (χ2v) is 10.3. The number of ether oxygens (including phenoxy) is 1. The first-order chi connectivity index (χ1) is 16.3. The second kappa shape index (κ2) is 9.93. The Morgan fingerprint density at radius 1 is 1.32 bits per heavy atom. The summed E-state index contributed by atoms with van der Waals surface area (Å²) in [5, 5.41) is 22.7. The van der Waals surface area contributed by atoms with Gasteiger partial charge in [0, 0.05) is 17.2 Å². The van der Waals surface area contributed by atoms with E-state index in [2.05, 4.69) is 20.9 Å². The molecule has 1 atom stereocenters. The molecule has 0 bridgehead atoms. The molecule has 2 aromatic carbocycles. The molecule has 1 aliphatic rings. The third kappa shape index (κ3) is 5.12. The fraction of sp³-hybridized carbons (Fsp3) is 0.375. The molecule has 3 aromatic rings. The maximum absolute atomic E-state index is 12.2. The minimum absolute atomic E-state index is 0.0610. The Morgan fingerprint density at radius 2 is 2.15 bits per heavy atom. The first-order valence-electron chi connectivity index (χ1n) is 11.1. The summed E-state index contributed by atoms with van der Waals surface area (Å²) in [7, 11) is -3.59. The van der Waals surface area contributed by atoms with Gasteiger partial charge in [-0.05, 0) is 62.4 Å². The van der Waals surface area contributed by atoms with Crippen LogP contribution in [0.2, 0.25) is 0 Å². The highest BCUT2D eigenvalue weighted by molar-refractivity contribution is 7.89. The van der Waals surface area contributed by atoms with Crippen molar-refractivity contribution in [3.63, 3.8) is 0 Å². The van der Waals surface area contributed by atoms with E-state index in [1.807, 2.05) is 32.0 Å². The second-order valence-electron chi connectivity index (χ2n) is 8.39. The molecule has 0 radical (unpaired) electrons.